The van der Waals surface area contributed by atoms with Crippen molar-refractivity contribution < 1.29 is 9.84 Å². The molecule has 0 aliphatic carbocycles. The van der Waals surface area contributed by atoms with Gasteiger partial charge in [-0.3, -0.25) is 0 Å². The molecule has 0 aliphatic rings. The number of aliphatic hydroxyl groups excluding tert-OH is 1. The van der Waals surface area contributed by atoms with Crippen molar-refractivity contribution in [2.75, 3.05) is 7.11 Å². The number of ether oxygens (including phenoxy) is 1. The normalized spacial score (nSPS) is 12.3. The Morgan fingerprint density at radius 1 is 1.10 bits per heavy atom. The van der Waals surface area contributed by atoms with Gasteiger partial charge in [0.25, 0.3) is 0 Å². The molecule has 0 saturated carbocycles. The highest BCUT2D eigenvalue weighted by atomic mass is 35.5. The van der Waals surface area contributed by atoms with Crippen LogP contribution in [0.25, 0.3) is 10.9 Å². The molecule has 3 rings (SSSR count). The van der Waals surface area contributed by atoms with Gasteiger partial charge in [0.15, 0.2) is 0 Å². The van der Waals surface area contributed by atoms with Crippen molar-refractivity contribution in [3.05, 3.63) is 70.9 Å². The van der Waals surface area contributed by atoms with Gasteiger partial charge in [0, 0.05) is 10.9 Å². The number of fused-ring (bicyclic) bond motifs is 1. The average Bonchev–Trinajstić information content (AvgIpc) is 2.54. The predicted molar refractivity (Wildman–Crippen MR) is 83.8 cm³/mol. The summed E-state index contributed by atoms with van der Waals surface area (Å²) in [5.74, 6) is 0.742. The zero-order valence-electron chi connectivity index (χ0n) is 11.5. The second-order valence-electron chi connectivity index (χ2n) is 4.74. The molecule has 21 heavy (non-hydrogen) atoms. The van der Waals surface area contributed by atoms with Gasteiger partial charge in [-0.2, -0.15) is 0 Å². The van der Waals surface area contributed by atoms with Gasteiger partial charge in [0.05, 0.1) is 12.6 Å². The molecule has 2 aromatic carbocycles. The largest absolute Gasteiger partial charge is 0.497 e. The summed E-state index contributed by atoms with van der Waals surface area (Å²) in [6.45, 7) is 0. The summed E-state index contributed by atoms with van der Waals surface area (Å²) < 4.78 is 5.21. The number of methoxy groups -OCH3 is 1. The standard InChI is InChI=1S/C17H14ClNO2/c1-21-13-7-8-15-12(9-13)10-14(17(18)19-15)16(20)11-5-3-2-4-6-11/h2-10,16,20H,1H3/t16-/m1/s1. The highest BCUT2D eigenvalue weighted by Crippen LogP contribution is 2.31. The number of rotatable bonds is 3. The van der Waals surface area contributed by atoms with Gasteiger partial charge in [-0.1, -0.05) is 41.9 Å². The Morgan fingerprint density at radius 3 is 2.57 bits per heavy atom. The number of halogens is 1. The van der Waals surface area contributed by atoms with E-state index < -0.39 is 6.10 Å². The van der Waals surface area contributed by atoms with E-state index >= 15 is 0 Å². The van der Waals surface area contributed by atoms with E-state index in [9.17, 15) is 5.11 Å². The van der Waals surface area contributed by atoms with E-state index in [1.54, 1.807) is 7.11 Å². The molecule has 0 fully saturated rings. The monoisotopic (exact) mass is 299 g/mol. The lowest BCUT2D eigenvalue weighted by molar-refractivity contribution is 0.220. The first-order valence-corrected chi connectivity index (χ1v) is 6.94. The van der Waals surface area contributed by atoms with E-state index in [2.05, 4.69) is 4.98 Å². The molecule has 0 bridgehead atoms. The van der Waals surface area contributed by atoms with Crippen LogP contribution in [-0.4, -0.2) is 17.2 Å². The van der Waals surface area contributed by atoms with Crippen LogP contribution < -0.4 is 4.74 Å². The highest BCUT2D eigenvalue weighted by Gasteiger charge is 2.16. The molecule has 0 radical (unpaired) electrons. The molecule has 0 unspecified atom stereocenters. The first-order valence-electron chi connectivity index (χ1n) is 6.56. The van der Waals surface area contributed by atoms with Crippen LogP contribution in [0.3, 0.4) is 0 Å². The van der Waals surface area contributed by atoms with E-state index in [1.165, 1.54) is 0 Å². The molecule has 0 amide bonds. The SMILES string of the molecule is COc1ccc2nc(Cl)c([C@H](O)c3ccccc3)cc2c1. The fourth-order valence-electron chi connectivity index (χ4n) is 2.28. The maximum Gasteiger partial charge on any atom is 0.135 e. The van der Waals surface area contributed by atoms with Crippen molar-refractivity contribution in [2.24, 2.45) is 0 Å². The van der Waals surface area contributed by atoms with Crippen LogP contribution in [0, 0.1) is 0 Å². The lowest BCUT2D eigenvalue weighted by Gasteiger charge is -2.14. The number of aromatic nitrogens is 1. The van der Waals surface area contributed by atoms with E-state index in [1.807, 2.05) is 54.6 Å². The number of nitrogens with zero attached hydrogens (tertiary/aromatic N) is 1. The fourth-order valence-corrected chi connectivity index (χ4v) is 2.53. The maximum atomic E-state index is 10.5. The Labute approximate surface area is 127 Å². The van der Waals surface area contributed by atoms with Gasteiger partial charge in [-0.05, 0) is 29.8 Å². The number of aliphatic hydroxyl groups is 1. The highest BCUT2D eigenvalue weighted by molar-refractivity contribution is 6.30. The van der Waals surface area contributed by atoms with Crippen LogP contribution in [0.1, 0.15) is 17.2 Å². The number of pyridine rings is 1. The van der Waals surface area contributed by atoms with Crippen LogP contribution in [0.2, 0.25) is 5.15 Å². The van der Waals surface area contributed by atoms with Crippen molar-refractivity contribution in [1.29, 1.82) is 0 Å². The van der Waals surface area contributed by atoms with Crippen LogP contribution in [0.5, 0.6) is 5.75 Å². The fraction of sp³-hybridized carbons (Fsp3) is 0.118. The van der Waals surface area contributed by atoms with Crippen molar-refractivity contribution in [3.8, 4) is 5.75 Å². The van der Waals surface area contributed by atoms with Crippen molar-refractivity contribution in [1.82, 2.24) is 4.98 Å². The molecule has 4 heteroatoms. The van der Waals surface area contributed by atoms with Crippen LogP contribution in [-0.2, 0) is 0 Å². The van der Waals surface area contributed by atoms with Crippen LogP contribution in [0.4, 0.5) is 0 Å². The zero-order chi connectivity index (χ0) is 14.8. The van der Waals surface area contributed by atoms with E-state index in [4.69, 9.17) is 16.3 Å². The molecule has 1 atom stereocenters. The Hall–Kier alpha value is -2.10. The van der Waals surface area contributed by atoms with Gasteiger partial charge < -0.3 is 9.84 Å². The molecule has 0 aliphatic heterocycles. The van der Waals surface area contributed by atoms with E-state index in [0.29, 0.717) is 10.7 Å². The molecule has 0 saturated heterocycles. The molecular weight excluding hydrogens is 286 g/mol. The molecule has 1 aromatic heterocycles. The van der Waals surface area contributed by atoms with Crippen LogP contribution >= 0.6 is 11.6 Å². The van der Waals surface area contributed by atoms with Gasteiger partial charge >= 0.3 is 0 Å². The van der Waals surface area contributed by atoms with Crippen molar-refractivity contribution >= 4 is 22.5 Å². The third kappa shape index (κ3) is 2.71. The van der Waals surface area contributed by atoms with Crippen molar-refractivity contribution in [2.45, 2.75) is 6.10 Å². The third-order valence-corrected chi connectivity index (χ3v) is 3.72. The van der Waals surface area contributed by atoms with Gasteiger partial charge in [-0.15, -0.1) is 0 Å². The summed E-state index contributed by atoms with van der Waals surface area (Å²) in [6, 6.07) is 16.8. The number of hydrogen-bond donors (Lipinski definition) is 1. The van der Waals surface area contributed by atoms with Gasteiger partial charge in [0.1, 0.15) is 17.0 Å². The Balaban J connectivity index is 2.11. The topological polar surface area (TPSA) is 42.4 Å². The van der Waals surface area contributed by atoms with E-state index in [0.717, 1.165) is 22.2 Å². The lowest BCUT2D eigenvalue weighted by Crippen LogP contribution is -2.02. The van der Waals surface area contributed by atoms with Gasteiger partial charge in [0.2, 0.25) is 0 Å². The number of hydrogen-bond acceptors (Lipinski definition) is 3. The smallest absolute Gasteiger partial charge is 0.135 e. The first-order chi connectivity index (χ1) is 10.2. The molecule has 1 N–H and O–H groups in total. The summed E-state index contributed by atoms with van der Waals surface area (Å²) in [5.41, 5.74) is 2.14. The summed E-state index contributed by atoms with van der Waals surface area (Å²) in [4.78, 5) is 4.35. The molecule has 1 heterocycles. The molecule has 3 nitrogen and oxygen atoms in total. The van der Waals surface area contributed by atoms with E-state index in [-0.39, 0.29) is 0 Å². The summed E-state index contributed by atoms with van der Waals surface area (Å²) in [6.07, 6.45) is -0.804. The predicted octanol–water partition coefficient (Wildman–Crippen LogP) is 3.98. The molecular formula is C17H14ClNO2. The maximum absolute atomic E-state index is 10.5. The minimum Gasteiger partial charge on any atom is -0.497 e. The molecule has 0 spiro atoms. The zero-order valence-corrected chi connectivity index (χ0v) is 12.2. The average molecular weight is 300 g/mol. The van der Waals surface area contributed by atoms with Crippen LogP contribution in [0.15, 0.2) is 54.6 Å². The Morgan fingerprint density at radius 2 is 1.86 bits per heavy atom. The second kappa shape index (κ2) is 5.72. The summed E-state index contributed by atoms with van der Waals surface area (Å²) in [7, 11) is 1.62. The summed E-state index contributed by atoms with van der Waals surface area (Å²) >= 11 is 6.22. The molecule has 106 valence electrons. The third-order valence-electron chi connectivity index (χ3n) is 3.41. The quantitative estimate of drug-likeness (QED) is 0.744. The minimum absolute atomic E-state index is 0.309. The lowest BCUT2D eigenvalue weighted by atomic mass is 10.0. The Bertz CT molecular complexity index is 774. The van der Waals surface area contributed by atoms with Crippen molar-refractivity contribution in [3.63, 3.8) is 0 Å². The minimum atomic E-state index is -0.804. The molecule has 3 aromatic rings. The number of benzene rings is 2. The second-order valence-corrected chi connectivity index (χ2v) is 5.10. The Kier molecular flexibility index (Phi) is 3.78. The summed E-state index contributed by atoms with van der Waals surface area (Å²) in [5, 5.41) is 11.7. The first kappa shape index (κ1) is 13.9. The van der Waals surface area contributed by atoms with Gasteiger partial charge in [-0.25, -0.2) is 4.98 Å².